The minimum Gasteiger partial charge on any atom is -0.342 e. The van der Waals surface area contributed by atoms with E-state index < -0.39 is 0 Å². The van der Waals surface area contributed by atoms with Crippen LogP contribution in [0.3, 0.4) is 0 Å². The van der Waals surface area contributed by atoms with Crippen molar-refractivity contribution in [3.05, 3.63) is 78.5 Å². The zero-order chi connectivity index (χ0) is 20.9. The van der Waals surface area contributed by atoms with E-state index >= 15 is 0 Å². The highest BCUT2D eigenvalue weighted by Gasteiger charge is 2.22. The summed E-state index contributed by atoms with van der Waals surface area (Å²) in [7, 11) is 0. The van der Waals surface area contributed by atoms with Crippen molar-refractivity contribution in [2.24, 2.45) is 5.92 Å². The fourth-order valence-corrected chi connectivity index (χ4v) is 3.27. The number of amides is 1. The van der Waals surface area contributed by atoms with E-state index in [1.165, 1.54) is 0 Å². The van der Waals surface area contributed by atoms with Gasteiger partial charge in [-0.3, -0.25) is 9.20 Å². The Hall–Kier alpha value is -3.81. The maximum atomic E-state index is 13.0. The van der Waals surface area contributed by atoms with Crippen LogP contribution in [0.1, 0.15) is 42.5 Å². The first-order valence-corrected chi connectivity index (χ1v) is 9.85. The summed E-state index contributed by atoms with van der Waals surface area (Å²) in [5, 5.41) is 14.8. The van der Waals surface area contributed by atoms with Gasteiger partial charge in [-0.25, -0.2) is 9.97 Å². The van der Waals surface area contributed by atoms with Crippen LogP contribution in [0, 0.1) is 5.92 Å². The predicted octanol–water partition coefficient (Wildman–Crippen LogP) is 3.78. The summed E-state index contributed by atoms with van der Waals surface area (Å²) < 4.78 is 1.91. The Labute approximate surface area is 174 Å². The maximum absolute atomic E-state index is 13.0. The number of fused-ring (bicyclic) bond motifs is 1. The Morgan fingerprint density at radius 3 is 2.67 bits per heavy atom. The molecule has 4 rings (SSSR count). The summed E-state index contributed by atoms with van der Waals surface area (Å²) in [6, 6.07) is 14.5. The molecule has 2 N–H and O–H groups in total. The van der Waals surface area contributed by atoms with Crippen molar-refractivity contribution in [1.29, 1.82) is 0 Å². The van der Waals surface area contributed by atoms with E-state index in [-0.39, 0.29) is 11.9 Å². The molecule has 8 nitrogen and oxygen atoms in total. The average molecular weight is 401 g/mol. The molecule has 0 spiro atoms. The smallest absolute Gasteiger partial charge is 0.251 e. The van der Waals surface area contributed by atoms with Gasteiger partial charge in [-0.1, -0.05) is 26.0 Å². The van der Waals surface area contributed by atoms with E-state index in [0.717, 1.165) is 23.6 Å². The lowest BCUT2D eigenvalue weighted by atomic mass is 10.0. The minimum atomic E-state index is -0.260. The van der Waals surface area contributed by atoms with E-state index in [9.17, 15) is 4.79 Å². The second-order valence-corrected chi connectivity index (χ2v) is 7.42. The molecule has 8 heteroatoms. The van der Waals surface area contributed by atoms with Gasteiger partial charge < -0.3 is 10.6 Å². The fourth-order valence-electron chi connectivity index (χ4n) is 3.27. The molecule has 30 heavy (non-hydrogen) atoms. The van der Waals surface area contributed by atoms with E-state index in [1.807, 2.05) is 40.9 Å². The standard InChI is InChI=1S/C22H23N7O/c1-15(2)13-18(20-28-27-19-9-3-4-12-29(19)20)26-21(30)16-7-5-8-17(14-16)25-22-23-10-6-11-24-22/h3-12,14-15,18H,13H2,1-2H3,(H,26,30)(H,23,24,25). The topological polar surface area (TPSA) is 97.1 Å². The molecule has 4 aromatic rings. The Morgan fingerprint density at radius 1 is 1.03 bits per heavy atom. The van der Waals surface area contributed by atoms with Crippen LogP contribution in [-0.4, -0.2) is 30.5 Å². The molecule has 0 aliphatic rings. The minimum absolute atomic E-state index is 0.175. The molecule has 1 unspecified atom stereocenters. The van der Waals surface area contributed by atoms with Crippen LogP contribution in [-0.2, 0) is 0 Å². The SMILES string of the molecule is CC(C)CC(NC(=O)c1cccc(Nc2ncccn2)c1)c1nnc2ccccn12. The summed E-state index contributed by atoms with van der Waals surface area (Å²) in [6.07, 6.45) is 5.97. The first-order valence-electron chi connectivity index (χ1n) is 9.85. The number of benzene rings is 1. The Morgan fingerprint density at radius 2 is 1.87 bits per heavy atom. The maximum Gasteiger partial charge on any atom is 0.251 e. The molecule has 0 saturated heterocycles. The normalized spacial score (nSPS) is 12.1. The zero-order valence-electron chi connectivity index (χ0n) is 16.9. The Balaban J connectivity index is 1.56. The van der Waals surface area contributed by atoms with Gasteiger partial charge in [-0.05, 0) is 48.7 Å². The number of carbonyl (C=O) groups excluding carboxylic acids is 1. The summed E-state index contributed by atoms with van der Waals surface area (Å²) in [6.45, 7) is 4.24. The highest BCUT2D eigenvalue weighted by molar-refractivity contribution is 5.95. The third-order valence-electron chi connectivity index (χ3n) is 4.61. The van der Waals surface area contributed by atoms with Crippen molar-refractivity contribution < 1.29 is 4.79 Å². The molecule has 0 aliphatic heterocycles. The van der Waals surface area contributed by atoms with Crippen molar-refractivity contribution in [3.8, 4) is 0 Å². The number of anilines is 2. The number of aromatic nitrogens is 5. The van der Waals surface area contributed by atoms with E-state index in [2.05, 4.69) is 44.6 Å². The number of hydrogen-bond acceptors (Lipinski definition) is 6. The van der Waals surface area contributed by atoms with Gasteiger partial charge in [0.25, 0.3) is 5.91 Å². The van der Waals surface area contributed by atoms with Gasteiger partial charge in [0, 0.05) is 29.8 Å². The Bertz CT molecular complexity index is 1140. The third-order valence-corrected chi connectivity index (χ3v) is 4.61. The summed E-state index contributed by atoms with van der Waals surface area (Å²) >= 11 is 0. The molecule has 1 amide bonds. The number of hydrogen-bond donors (Lipinski definition) is 2. The summed E-state index contributed by atoms with van der Waals surface area (Å²) in [5.41, 5.74) is 2.03. The highest BCUT2D eigenvalue weighted by Crippen LogP contribution is 2.22. The largest absolute Gasteiger partial charge is 0.342 e. The molecular formula is C22H23N7O. The lowest BCUT2D eigenvalue weighted by molar-refractivity contribution is 0.0929. The van der Waals surface area contributed by atoms with Crippen molar-refractivity contribution in [1.82, 2.24) is 29.9 Å². The van der Waals surface area contributed by atoms with Crippen LogP contribution < -0.4 is 10.6 Å². The summed E-state index contributed by atoms with van der Waals surface area (Å²) in [5.74, 6) is 1.39. The molecular weight excluding hydrogens is 378 g/mol. The van der Waals surface area contributed by atoms with Gasteiger partial charge in [0.05, 0.1) is 6.04 Å². The van der Waals surface area contributed by atoms with Gasteiger partial charge in [0.2, 0.25) is 5.95 Å². The first-order chi connectivity index (χ1) is 14.6. The lowest BCUT2D eigenvalue weighted by Gasteiger charge is -2.19. The number of rotatable bonds is 7. The molecule has 152 valence electrons. The number of nitrogens with zero attached hydrogens (tertiary/aromatic N) is 5. The second kappa shape index (κ2) is 8.69. The molecule has 1 atom stereocenters. The molecule has 3 heterocycles. The molecule has 0 aliphatic carbocycles. The van der Waals surface area contributed by atoms with Crippen LogP contribution in [0.2, 0.25) is 0 Å². The molecule has 0 bridgehead atoms. The van der Waals surface area contributed by atoms with Gasteiger partial charge >= 0.3 is 0 Å². The zero-order valence-corrected chi connectivity index (χ0v) is 16.9. The molecule has 1 aromatic carbocycles. The number of carbonyl (C=O) groups is 1. The quantitative estimate of drug-likeness (QED) is 0.489. The third kappa shape index (κ3) is 4.43. The summed E-state index contributed by atoms with van der Waals surface area (Å²) in [4.78, 5) is 21.3. The average Bonchev–Trinajstić information content (AvgIpc) is 3.18. The second-order valence-electron chi connectivity index (χ2n) is 7.42. The molecule has 0 saturated carbocycles. The van der Waals surface area contributed by atoms with Crippen molar-refractivity contribution >= 4 is 23.2 Å². The first kappa shape index (κ1) is 19.5. The van der Waals surface area contributed by atoms with Gasteiger partial charge in [-0.2, -0.15) is 0 Å². The van der Waals surface area contributed by atoms with Gasteiger partial charge in [0.15, 0.2) is 11.5 Å². The molecule has 0 radical (unpaired) electrons. The van der Waals surface area contributed by atoms with Crippen LogP contribution in [0.25, 0.3) is 5.65 Å². The van der Waals surface area contributed by atoms with E-state index in [1.54, 1.807) is 30.6 Å². The predicted molar refractivity (Wildman–Crippen MR) is 114 cm³/mol. The number of nitrogens with one attached hydrogen (secondary N) is 2. The Kier molecular flexibility index (Phi) is 5.65. The van der Waals surface area contributed by atoms with Crippen LogP contribution >= 0.6 is 0 Å². The van der Waals surface area contributed by atoms with E-state index in [4.69, 9.17) is 0 Å². The van der Waals surface area contributed by atoms with E-state index in [0.29, 0.717) is 17.4 Å². The van der Waals surface area contributed by atoms with Crippen molar-refractivity contribution in [3.63, 3.8) is 0 Å². The molecule has 0 fully saturated rings. The van der Waals surface area contributed by atoms with Gasteiger partial charge in [0.1, 0.15) is 0 Å². The van der Waals surface area contributed by atoms with Crippen molar-refractivity contribution in [2.45, 2.75) is 26.3 Å². The monoisotopic (exact) mass is 401 g/mol. The van der Waals surface area contributed by atoms with Gasteiger partial charge in [-0.15, -0.1) is 10.2 Å². The lowest BCUT2D eigenvalue weighted by Crippen LogP contribution is -2.31. The number of pyridine rings is 1. The molecule has 3 aromatic heterocycles. The van der Waals surface area contributed by atoms with Crippen LogP contribution in [0.4, 0.5) is 11.6 Å². The highest BCUT2D eigenvalue weighted by atomic mass is 16.1. The van der Waals surface area contributed by atoms with Crippen LogP contribution in [0.5, 0.6) is 0 Å². The van der Waals surface area contributed by atoms with Crippen molar-refractivity contribution in [2.75, 3.05) is 5.32 Å². The van der Waals surface area contributed by atoms with Crippen LogP contribution in [0.15, 0.2) is 67.1 Å². The fraction of sp³-hybridized carbons (Fsp3) is 0.227.